The van der Waals surface area contributed by atoms with Gasteiger partial charge in [-0.25, -0.2) is 0 Å². The molecule has 108 valence electrons. The molecule has 1 atom stereocenters. The van der Waals surface area contributed by atoms with Crippen LogP contribution in [0.5, 0.6) is 5.75 Å². The molecule has 0 aliphatic heterocycles. The summed E-state index contributed by atoms with van der Waals surface area (Å²) in [5.74, 6) is 0.914. The van der Waals surface area contributed by atoms with Gasteiger partial charge >= 0.3 is 0 Å². The molecule has 1 aromatic carbocycles. The molecule has 0 bridgehead atoms. The second-order valence-electron chi connectivity index (χ2n) is 4.57. The van der Waals surface area contributed by atoms with Crippen LogP contribution in [0.1, 0.15) is 22.0 Å². The number of para-hydroxylation sites is 1. The van der Waals surface area contributed by atoms with Gasteiger partial charge in [0.15, 0.2) is 0 Å². The number of rotatable bonds is 7. The Bertz CT molecular complexity index is 539. The highest BCUT2D eigenvalue weighted by Crippen LogP contribution is 2.34. The lowest BCUT2D eigenvalue weighted by Crippen LogP contribution is -2.19. The molecule has 1 unspecified atom stereocenters. The third-order valence-electron chi connectivity index (χ3n) is 3.23. The quantitative estimate of drug-likeness (QED) is 0.793. The summed E-state index contributed by atoms with van der Waals surface area (Å²) in [6, 6.07) is 10.5. The maximum Gasteiger partial charge on any atom is 0.124 e. The van der Waals surface area contributed by atoms with Gasteiger partial charge in [0.1, 0.15) is 12.4 Å². The zero-order chi connectivity index (χ0) is 14.4. The topological polar surface area (TPSA) is 30.5 Å². The maximum absolute atomic E-state index is 5.84. The molecule has 0 amide bonds. The maximum atomic E-state index is 5.84. The van der Waals surface area contributed by atoms with Gasteiger partial charge in [-0.3, -0.25) is 0 Å². The van der Waals surface area contributed by atoms with Gasteiger partial charge in [-0.1, -0.05) is 18.2 Å². The molecule has 0 fully saturated rings. The van der Waals surface area contributed by atoms with Crippen LogP contribution in [-0.2, 0) is 4.74 Å². The number of benzene rings is 1. The van der Waals surface area contributed by atoms with Gasteiger partial charge in [0.2, 0.25) is 0 Å². The minimum atomic E-state index is 0.161. The van der Waals surface area contributed by atoms with Crippen molar-refractivity contribution in [3.8, 4) is 5.75 Å². The standard InChI is InChI=1S/C16H21NO2S/c1-12-8-11-20-16(12)15(17-2)13-6-4-5-7-14(13)19-10-9-18-3/h4-8,11,15,17H,9-10H2,1-3H3. The van der Waals surface area contributed by atoms with E-state index in [-0.39, 0.29) is 6.04 Å². The number of nitrogens with one attached hydrogen (secondary N) is 1. The normalized spacial score (nSPS) is 12.3. The minimum absolute atomic E-state index is 0.161. The molecule has 1 N–H and O–H groups in total. The van der Waals surface area contributed by atoms with Crippen LogP contribution in [0.2, 0.25) is 0 Å². The molecule has 0 aliphatic carbocycles. The van der Waals surface area contributed by atoms with Crippen LogP contribution < -0.4 is 10.1 Å². The molecule has 20 heavy (non-hydrogen) atoms. The zero-order valence-corrected chi connectivity index (χ0v) is 13.0. The first-order valence-corrected chi connectivity index (χ1v) is 7.57. The van der Waals surface area contributed by atoms with Crippen molar-refractivity contribution in [2.24, 2.45) is 0 Å². The molecular weight excluding hydrogens is 270 g/mol. The predicted molar refractivity (Wildman–Crippen MR) is 83.8 cm³/mol. The van der Waals surface area contributed by atoms with Crippen molar-refractivity contribution >= 4 is 11.3 Å². The Kier molecular flexibility index (Phi) is 5.59. The van der Waals surface area contributed by atoms with Crippen LogP contribution >= 0.6 is 11.3 Å². The highest BCUT2D eigenvalue weighted by molar-refractivity contribution is 7.10. The smallest absolute Gasteiger partial charge is 0.124 e. The largest absolute Gasteiger partial charge is 0.491 e. The first-order chi connectivity index (χ1) is 9.77. The van der Waals surface area contributed by atoms with E-state index in [0.29, 0.717) is 13.2 Å². The van der Waals surface area contributed by atoms with Gasteiger partial charge in [-0.2, -0.15) is 0 Å². The number of thiophene rings is 1. The molecule has 4 heteroatoms. The Morgan fingerprint density at radius 2 is 2.00 bits per heavy atom. The van der Waals surface area contributed by atoms with E-state index in [1.54, 1.807) is 18.4 Å². The first kappa shape index (κ1) is 15.0. The van der Waals surface area contributed by atoms with Crippen molar-refractivity contribution in [1.82, 2.24) is 5.32 Å². The van der Waals surface area contributed by atoms with E-state index in [0.717, 1.165) is 11.3 Å². The van der Waals surface area contributed by atoms with Crippen molar-refractivity contribution in [2.75, 3.05) is 27.4 Å². The highest BCUT2D eigenvalue weighted by atomic mass is 32.1. The Morgan fingerprint density at radius 3 is 2.65 bits per heavy atom. The average molecular weight is 291 g/mol. The number of methoxy groups -OCH3 is 1. The summed E-state index contributed by atoms with van der Waals surface area (Å²) in [4.78, 5) is 1.33. The van der Waals surface area contributed by atoms with E-state index >= 15 is 0 Å². The number of aryl methyl sites for hydroxylation is 1. The van der Waals surface area contributed by atoms with Crippen LogP contribution in [0.4, 0.5) is 0 Å². The Morgan fingerprint density at radius 1 is 1.20 bits per heavy atom. The fourth-order valence-electron chi connectivity index (χ4n) is 2.19. The third kappa shape index (κ3) is 3.39. The Balaban J connectivity index is 2.28. The van der Waals surface area contributed by atoms with Crippen molar-refractivity contribution in [3.05, 3.63) is 51.7 Å². The molecule has 3 nitrogen and oxygen atoms in total. The van der Waals surface area contributed by atoms with E-state index in [4.69, 9.17) is 9.47 Å². The zero-order valence-electron chi connectivity index (χ0n) is 12.2. The number of ether oxygens (including phenoxy) is 2. The van der Waals surface area contributed by atoms with Crippen molar-refractivity contribution in [1.29, 1.82) is 0 Å². The lowest BCUT2D eigenvalue weighted by Gasteiger charge is -2.20. The van der Waals surface area contributed by atoms with E-state index in [2.05, 4.69) is 29.8 Å². The van der Waals surface area contributed by atoms with Gasteiger partial charge < -0.3 is 14.8 Å². The van der Waals surface area contributed by atoms with Crippen LogP contribution in [0.15, 0.2) is 35.7 Å². The van der Waals surface area contributed by atoms with Crippen LogP contribution in [0, 0.1) is 6.92 Å². The molecule has 0 saturated carbocycles. The summed E-state index contributed by atoms with van der Waals surface area (Å²) in [6.45, 7) is 3.30. The second kappa shape index (κ2) is 7.43. The van der Waals surface area contributed by atoms with E-state index in [9.17, 15) is 0 Å². The first-order valence-electron chi connectivity index (χ1n) is 6.69. The van der Waals surface area contributed by atoms with Crippen LogP contribution in [0.3, 0.4) is 0 Å². The van der Waals surface area contributed by atoms with Crippen LogP contribution in [-0.4, -0.2) is 27.4 Å². The summed E-state index contributed by atoms with van der Waals surface area (Å²) in [5, 5.41) is 5.52. The molecular formula is C16H21NO2S. The van der Waals surface area contributed by atoms with Crippen molar-refractivity contribution in [3.63, 3.8) is 0 Å². The van der Waals surface area contributed by atoms with Gasteiger partial charge in [-0.15, -0.1) is 11.3 Å². The van der Waals surface area contributed by atoms with Gasteiger partial charge in [0.25, 0.3) is 0 Å². The number of hydrogen-bond donors (Lipinski definition) is 1. The van der Waals surface area contributed by atoms with Crippen molar-refractivity contribution in [2.45, 2.75) is 13.0 Å². The molecule has 0 radical (unpaired) electrons. The number of hydrogen-bond acceptors (Lipinski definition) is 4. The average Bonchev–Trinajstić information content (AvgIpc) is 2.88. The lowest BCUT2D eigenvalue weighted by atomic mass is 10.0. The molecule has 0 spiro atoms. The fraction of sp³-hybridized carbons (Fsp3) is 0.375. The van der Waals surface area contributed by atoms with Gasteiger partial charge in [0, 0.05) is 17.6 Å². The lowest BCUT2D eigenvalue weighted by molar-refractivity contribution is 0.145. The Hall–Kier alpha value is -1.36. The highest BCUT2D eigenvalue weighted by Gasteiger charge is 2.19. The van der Waals surface area contributed by atoms with Crippen LogP contribution in [0.25, 0.3) is 0 Å². The van der Waals surface area contributed by atoms with E-state index in [1.807, 2.05) is 25.2 Å². The molecule has 0 aliphatic rings. The summed E-state index contributed by atoms with van der Waals surface area (Å²) < 4.78 is 10.9. The molecule has 1 aromatic heterocycles. The predicted octanol–water partition coefficient (Wildman–Crippen LogP) is 3.39. The van der Waals surface area contributed by atoms with Crippen molar-refractivity contribution < 1.29 is 9.47 Å². The second-order valence-corrected chi connectivity index (χ2v) is 5.52. The fourth-order valence-corrected chi connectivity index (χ4v) is 3.25. The monoisotopic (exact) mass is 291 g/mol. The summed E-state index contributed by atoms with van der Waals surface area (Å²) >= 11 is 1.77. The Labute approximate surface area is 124 Å². The minimum Gasteiger partial charge on any atom is -0.491 e. The molecule has 1 heterocycles. The summed E-state index contributed by atoms with van der Waals surface area (Å²) in [5.41, 5.74) is 2.47. The van der Waals surface area contributed by atoms with E-state index in [1.165, 1.54) is 10.4 Å². The molecule has 2 rings (SSSR count). The van der Waals surface area contributed by atoms with E-state index < -0.39 is 0 Å². The molecule has 2 aromatic rings. The summed E-state index contributed by atoms with van der Waals surface area (Å²) in [6.07, 6.45) is 0. The van der Waals surface area contributed by atoms with Gasteiger partial charge in [-0.05, 0) is 37.0 Å². The van der Waals surface area contributed by atoms with Gasteiger partial charge in [0.05, 0.1) is 12.6 Å². The SMILES string of the molecule is CNC(c1ccccc1OCCOC)c1sccc1C. The third-order valence-corrected chi connectivity index (χ3v) is 4.31. The molecule has 0 saturated heterocycles. The summed E-state index contributed by atoms with van der Waals surface area (Å²) in [7, 11) is 3.66.